The van der Waals surface area contributed by atoms with Crippen molar-refractivity contribution in [2.45, 2.75) is 45.1 Å². The van der Waals surface area contributed by atoms with Crippen LogP contribution in [0, 0.1) is 5.82 Å². The van der Waals surface area contributed by atoms with Gasteiger partial charge in [0.25, 0.3) is 5.95 Å². The van der Waals surface area contributed by atoms with Crippen molar-refractivity contribution in [1.29, 1.82) is 0 Å². The molecule has 0 unspecified atom stereocenters. The number of aromatic carboxylic acids is 1. The largest absolute Gasteiger partial charge is 0.487 e. The average Bonchev–Trinajstić information content (AvgIpc) is 3.24. The minimum atomic E-state index is -1.09. The summed E-state index contributed by atoms with van der Waals surface area (Å²) in [6.07, 6.45) is 7.82. The number of fused-ring (bicyclic) bond motifs is 1. The van der Waals surface area contributed by atoms with Crippen molar-refractivity contribution in [3.63, 3.8) is 0 Å². The maximum absolute atomic E-state index is 14.8. The van der Waals surface area contributed by atoms with Crippen LogP contribution in [0.2, 0.25) is 0 Å². The first kappa shape index (κ1) is 20.1. The highest BCUT2D eigenvalue weighted by atomic mass is 19.1. The molecular formula is C21H24FN5O3. The number of carboxylic acids is 1. The number of hydrogen-bond acceptors (Lipinski definition) is 6. The Balaban J connectivity index is 1.79. The van der Waals surface area contributed by atoms with Gasteiger partial charge in [0.1, 0.15) is 5.82 Å². The Morgan fingerprint density at radius 2 is 2.07 bits per heavy atom. The number of halogens is 1. The molecule has 1 aromatic carbocycles. The minimum Gasteiger partial charge on any atom is -0.487 e. The van der Waals surface area contributed by atoms with Gasteiger partial charge in [-0.2, -0.15) is 10.1 Å². The molecule has 0 aliphatic heterocycles. The van der Waals surface area contributed by atoms with Crippen LogP contribution in [0.5, 0.6) is 5.75 Å². The summed E-state index contributed by atoms with van der Waals surface area (Å²) in [5.74, 6) is -0.592. The molecule has 4 rings (SSSR count). The fourth-order valence-electron chi connectivity index (χ4n) is 3.64. The second-order valence-corrected chi connectivity index (χ2v) is 7.52. The third kappa shape index (κ3) is 3.92. The molecule has 0 saturated heterocycles. The van der Waals surface area contributed by atoms with Gasteiger partial charge in [-0.3, -0.25) is 0 Å². The normalized spacial score (nSPS) is 14.8. The Morgan fingerprint density at radius 1 is 1.30 bits per heavy atom. The summed E-state index contributed by atoms with van der Waals surface area (Å²) in [5.41, 5.74) is 0.419. The van der Waals surface area contributed by atoms with Crippen molar-refractivity contribution < 1.29 is 19.0 Å². The minimum absolute atomic E-state index is 0.0199. The van der Waals surface area contributed by atoms with E-state index in [1.165, 1.54) is 29.6 Å². The predicted octanol–water partition coefficient (Wildman–Crippen LogP) is 3.82. The van der Waals surface area contributed by atoms with Crippen LogP contribution >= 0.6 is 0 Å². The van der Waals surface area contributed by atoms with E-state index in [9.17, 15) is 9.18 Å². The molecule has 0 spiro atoms. The molecule has 0 radical (unpaired) electrons. The van der Waals surface area contributed by atoms with Gasteiger partial charge in [-0.15, -0.1) is 0 Å². The maximum Gasteiger partial charge on any atom is 0.338 e. The number of rotatable bonds is 6. The van der Waals surface area contributed by atoms with E-state index in [4.69, 9.17) is 9.84 Å². The molecule has 2 aromatic heterocycles. The topological polar surface area (TPSA) is 93.4 Å². The molecule has 9 heteroatoms. The fraction of sp³-hybridized carbons (Fsp3) is 0.429. The van der Waals surface area contributed by atoms with Crippen LogP contribution in [0.3, 0.4) is 0 Å². The fourth-order valence-corrected chi connectivity index (χ4v) is 3.64. The van der Waals surface area contributed by atoms with Gasteiger partial charge in [0, 0.05) is 31.2 Å². The van der Waals surface area contributed by atoms with Crippen LogP contribution in [0.4, 0.5) is 10.2 Å². The van der Waals surface area contributed by atoms with Gasteiger partial charge >= 0.3 is 5.97 Å². The van der Waals surface area contributed by atoms with Gasteiger partial charge in [-0.25, -0.2) is 18.9 Å². The molecule has 0 bridgehead atoms. The van der Waals surface area contributed by atoms with Gasteiger partial charge in [0.2, 0.25) is 0 Å². The van der Waals surface area contributed by atoms with Crippen LogP contribution < -0.4 is 9.64 Å². The molecule has 1 N–H and O–H groups in total. The van der Waals surface area contributed by atoms with Gasteiger partial charge in [0.05, 0.1) is 23.4 Å². The zero-order chi connectivity index (χ0) is 21.3. The zero-order valence-corrected chi connectivity index (χ0v) is 17.0. The van der Waals surface area contributed by atoms with E-state index < -0.39 is 11.8 Å². The number of nitrogens with zero attached hydrogens (tertiary/aromatic N) is 5. The van der Waals surface area contributed by atoms with E-state index in [1.807, 2.05) is 18.9 Å². The molecule has 0 amide bonds. The standard InChI is InChI=1S/C21H24FN5O3/c1-3-26(2)19-15-9-18(30-14-7-5-4-6-8-14)16(22)10-17(15)24-21(25-19)27-12-13(11-23-27)20(28)29/h9-12,14H,3-8H2,1-2H3,(H,28,29). The van der Waals surface area contributed by atoms with Crippen LogP contribution in [0.25, 0.3) is 16.9 Å². The van der Waals surface area contributed by atoms with E-state index in [-0.39, 0.29) is 23.4 Å². The van der Waals surface area contributed by atoms with E-state index in [0.29, 0.717) is 23.3 Å². The van der Waals surface area contributed by atoms with E-state index >= 15 is 0 Å². The summed E-state index contributed by atoms with van der Waals surface area (Å²) in [5, 5.41) is 13.8. The Morgan fingerprint density at radius 3 is 2.73 bits per heavy atom. The van der Waals surface area contributed by atoms with E-state index in [1.54, 1.807) is 6.07 Å². The van der Waals surface area contributed by atoms with Crippen LogP contribution in [-0.4, -0.2) is 50.5 Å². The van der Waals surface area contributed by atoms with Crippen molar-refractivity contribution in [2.75, 3.05) is 18.5 Å². The molecule has 1 aliphatic carbocycles. The van der Waals surface area contributed by atoms with E-state index in [2.05, 4.69) is 15.1 Å². The van der Waals surface area contributed by atoms with Crippen molar-refractivity contribution in [3.8, 4) is 11.7 Å². The first-order valence-electron chi connectivity index (χ1n) is 10.1. The second-order valence-electron chi connectivity index (χ2n) is 7.52. The molecule has 2 heterocycles. The molecule has 1 saturated carbocycles. The lowest BCUT2D eigenvalue weighted by Crippen LogP contribution is -2.21. The van der Waals surface area contributed by atoms with Gasteiger partial charge in [0.15, 0.2) is 11.6 Å². The lowest BCUT2D eigenvalue weighted by molar-refractivity contribution is 0.0697. The third-order valence-electron chi connectivity index (χ3n) is 5.43. The van der Waals surface area contributed by atoms with Crippen molar-refractivity contribution in [1.82, 2.24) is 19.7 Å². The van der Waals surface area contributed by atoms with Crippen LogP contribution in [-0.2, 0) is 0 Å². The summed E-state index contributed by atoms with van der Waals surface area (Å²) >= 11 is 0. The number of benzene rings is 1. The number of hydrogen-bond donors (Lipinski definition) is 1. The number of ether oxygens (including phenoxy) is 1. The Kier molecular flexibility index (Phi) is 5.52. The summed E-state index contributed by atoms with van der Waals surface area (Å²) in [6, 6.07) is 3.00. The summed E-state index contributed by atoms with van der Waals surface area (Å²) in [4.78, 5) is 22.1. The molecule has 1 aliphatic rings. The summed E-state index contributed by atoms with van der Waals surface area (Å²) < 4.78 is 22.1. The predicted molar refractivity (Wildman–Crippen MR) is 110 cm³/mol. The molecular weight excluding hydrogens is 389 g/mol. The van der Waals surface area contributed by atoms with Crippen LogP contribution in [0.15, 0.2) is 24.5 Å². The molecule has 0 atom stereocenters. The number of aromatic nitrogens is 4. The van der Waals surface area contributed by atoms with Gasteiger partial charge < -0.3 is 14.7 Å². The number of carboxylic acid groups (broad SMARTS) is 1. The Hall–Kier alpha value is -3.23. The SMILES string of the molecule is CCN(C)c1nc(-n2cc(C(=O)O)cn2)nc2cc(F)c(OC3CCCCC3)cc12. The van der Waals surface area contributed by atoms with Crippen molar-refractivity contribution in [3.05, 3.63) is 35.9 Å². The highest BCUT2D eigenvalue weighted by molar-refractivity contribution is 5.91. The molecule has 1 fully saturated rings. The monoisotopic (exact) mass is 413 g/mol. The first-order chi connectivity index (χ1) is 14.5. The van der Waals surface area contributed by atoms with Crippen molar-refractivity contribution >= 4 is 22.7 Å². The molecule has 158 valence electrons. The van der Waals surface area contributed by atoms with Crippen molar-refractivity contribution in [2.24, 2.45) is 0 Å². The highest BCUT2D eigenvalue weighted by Gasteiger charge is 2.20. The lowest BCUT2D eigenvalue weighted by Gasteiger charge is -2.24. The number of carbonyl (C=O) groups is 1. The number of anilines is 1. The zero-order valence-electron chi connectivity index (χ0n) is 17.0. The highest BCUT2D eigenvalue weighted by Crippen LogP contribution is 2.32. The summed E-state index contributed by atoms with van der Waals surface area (Å²) in [7, 11) is 1.88. The van der Waals surface area contributed by atoms with Gasteiger partial charge in [-0.1, -0.05) is 6.42 Å². The Labute approximate surface area is 173 Å². The smallest absolute Gasteiger partial charge is 0.338 e. The molecule has 8 nitrogen and oxygen atoms in total. The second kappa shape index (κ2) is 8.25. The average molecular weight is 413 g/mol. The van der Waals surface area contributed by atoms with Gasteiger partial charge in [-0.05, 0) is 38.7 Å². The molecule has 3 aromatic rings. The third-order valence-corrected chi connectivity index (χ3v) is 5.43. The summed E-state index contributed by atoms with van der Waals surface area (Å²) in [6.45, 7) is 2.65. The lowest BCUT2D eigenvalue weighted by atomic mass is 9.98. The van der Waals surface area contributed by atoms with Crippen LogP contribution in [0.1, 0.15) is 49.4 Å². The Bertz CT molecular complexity index is 1080. The van der Waals surface area contributed by atoms with E-state index in [0.717, 1.165) is 25.7 Å². The quantitative estimate of drug-likeness (QED) is 0.656. The maximum atomic E-state index is 14.8. The first-order valence-corrected chi connectivity index (χ1v) is 10.1. The molecule has 30 heavy (non-hydrogen) atoms.